The Hall–Kier alpha value is -1.40. The molecule has 1 heterocycles. The molecule has 6 nitrogen and oxygen atoms in total. The van der Waals surface area contributed by atoms with Crippen molar-refractivity contribution in [2.24, 2.45) is 0 Å². The predicted octanol–water partition coefficient (Wildman–Crippen LogP) is 0.967. The smallest absolute Gasteiger partial charge is 0.299 e. The lowest BCUT2D eigenvalue weighted by Gasteiger charge is -2.11. The van der Waals surface area contributed by atoms with Gasteiger partial charge in [-0.25, -0.2) is 4.98 Å². The second-order valence-electron chi connectivity index (χ2n) is 4.59. The minimum Gasteiger partial charge on any atom is -0.468 e. The van der Waals surface area contributed by atoms with E-state index in [9.17, 15) is 4.79 Å². The summed E-state index contributed by atoms with van der Waals surface area (Å²) in [6, 6.07) is 1.87. The van der Waals surface area contributed by atoms with Gasteiger partial charge in [0.25, 0.3) is 11.6 Å². The topological polar surface area (TPSA) is 65.4 Å². The van der Waals surface area contributed by atoms with E-state index in [0.29, 0.717) is 31.4 Å². The van der Waals surface area contributed by atoms with Crippen LogP contribution in [0.4, 0.5) is 0 Å². The number of nitrogens with one attached hydrogen (secondary N) is 1. The Labute approximate surface area is 120 Å². The van der Waals surface area contributed by atoms with Gasteiger partial charge in [0.15, 0.2) is 0 Å². The molecule has 1 N–H and O–H groups in total. The molecule has 114 valence electrons. The quantitative estimate of drug-likeness (QED) is 0.648. The SMILES string of the molecule is CCCCOCCNCCn1c(OC)nc(C)cc1=O. The number of hydrogen-bond donors (Lipinski definition) is 1. The van der Waals surface area contributed by atoms with Gasteiger partial charge in [-0.2, -0.15) is 0 Å². The molecule has 0 unspecified atom stereocenters. The molecule has 0 saturated heterocycles. The lowest BCUT2D eigenvalue weighted by atomic mass is 10.4. The Kier molecular flexibility index (Phi) is 7.91. The van der Waals surface area contributed by atoms with E-state index in [0.717, 1.165) is 26.0 Å². The summed E-state index contributed by atoms with van der Waals surface area (Å²) in [5.41, 5.74) is 0.579. The molecule has 1 rings (SSSR count). The van der Waals surface area contributed by atoms with Crippen molar-refractivity contribution >= 4 is 0 Å². The zero-order valence-electron chi connectivity index (χ0n) is 12.6. The highest BCUT2D eigenvalue weighted by molar-refractivity contribution is 5.06. The van der Waals surface area contributed by atoms with Gasteiger partial charge in [-0.15, -0.1) is 0 Å². The second kappa shape index (κ2) is 9.50. The van der Waals surface area contributed by atoms with Crippen LogP contribution < -0.4 is 15.6 Å². The Balaban J connectivity index is 2.30. The molecular formula is C14H25N3O3. The van der Waals surface area contributed by atoms with E-state index in [1.54, 1.807) is 6.92 Å². The van der Waals surface area contributed by atoms with Gasteiger partial charge < -0.3 is 14.8 Å². The predicted molar refractivity (Wildman–Crippen MR) is 78.4 cm³/mol. The Bertz CT molecular complexity index is 446. The maximum absolute atomic E-state index is 11.8. The molecule has 1 aromatic heterocycles. The van der Waals surface area contributed by atoms with Crippen LogP contribution >= 0.6 is 0 Å². The third-order valence-electron chi connectivity index (χ3n) is 2.86. The largest absolute Gasteiger partial charge is 0.468 e. The Morgan fingerprint density at radius 2 is 2.15 bits per heavy atom. The first-order chi connectivity index (χ1) is 9.69. The molecule has 0 fully saturated rings. The van der Waals surface area contributed by atoms with Gasteiger partial charge in [0, 0.05) is 38.0 Å². The van der Waals surface area contributed by atoms with Crippen molar-refractivity contribution in [2.75, 3.05) is 33.4 Å². The van der Waals surface area contributed by atoms with Crippen LogP contribution in [0, 0.1) is 6.92 Å². The summed E-state index contributed by atoms with van der Waals surface area (Å²) in [5, 5.41) is 3.24. The van der Waals surface area contributed by atoms with Gasteiger partial charge >= 0.3 is 0 Å². The maximum Gasteiger partial charge on any atom is 0.299 e. The van der Waals surface area contributed by atoms with E-state index in [-0.39, 0.29) is 5.56 Å². The van der Waals surface area contributed by atoms with Crippen molar-refractivity contribution in [1.29, 1.82) is 0 Å². The average Bonchev–Trinajstić information content (AvgIpc) is 2.43. The van der Waals surface area contributed by atoms with E-state index in [4.69, 9.17) is 9.47 Å². The summed E-state index contributed by atoms with van der Waals surface area (Å²) in [5.74, 6) is 0. The number of methoxy groups -OCH3 is 1. The summed E-state index contributed by atoms with van der Waals surface area (Å²) in [6.45, 7) is 7.41. The normalized spacial score (nSPS) is 10.8. The highest BCUT2D eigenvalue weighted by Gasteiger charge is 2.06. The molecule has 6 heteroatoms. The number of aromatic nitrogens is 2. The standard InChI is InChI=1S/C14H25N3O3/c1-4-5-9-20-10-7-15-6-8-17-13(18)11-12(2)16-14(17)19-3/h11,15H,4-10H2,1-3H3. The van der Waals surface area contributed by atoms with Gasteiger partial charge in [-0.3, -0.25) is 9.36 Å². The minimum atomic E-state index is -0.0876. The van der Waals surface area contributed by atoms with Crippen LogP contribution in [0.15, 0.2) is 10.9 Å². The molecule has 0 radical (unpaired) electrons. The molecule has 0 spiro atoms. The molecule has 1 aromatic rings. The summed E-state index contributed by atoms with van der Waals surface area (Å²) < 4.78 is 12.1. The van der Waals surface area contributed by atoms with Crippen LogP contribution in [0.2, 0.25) is 0 Å². The van der Waals surface area contributed by atoms with Gasteiger partial charge in [0.05, 0.1) is 13.7 Å². The van der Waals surface area contributed by atoms with Gasteiger partial charge in [-0.05, 0) is 13.3 Å². The number of rotatable bonds is 10. The third-order valence-corrected chi connectivity index (χ3v) is 2.86. The number of unbranched alkanes of at least 4 members (excludes halogenated alkanes) is 1. The first-order valence-electron chi connectivity index (χ1n) is 7.10. The zero-order chi connectivity index (χ0) is 14.8. The van der Waals surface area contributed by atoms with Crippen LogP contribution in [0.1, 0.15) is 25.5 Å². The van der Waals surface area contributed by atoms with E-state index in [2.05, 4.69) is 17.2 Å². The molecule has 20 heavy (non-hydrogen) atoms. The van der Waals surface area contributed by atoms with E-state index < -0.39 is 0 Å². The summed E-state index contributed by atoms with van der Waals surface area (Å²) >= 11 is 0. The monoisotopic (exact) mass is 283 g/mol. The molecule has 0 bridgehead atoms. The molecule has 0 aliphatic rings. The first-order valence-corrected chi connectivity index (χ1v) is 7.10. The summed E-state index contributed by atoms with van der Waals surface area (Å²) in [7, 11) is 1.52. The van der Waals surface area contributed by atoms with Crippen LogP contribution in [-0.4, -0.2) is 43.0 Å². The molecule has 0 amide bonds. The number of nitrogens with zero attached hydrogens (tertiary/aromatic N) is 2. The molecule has 0 aromatic carbocycles. The number of ether oxygens (including phenoxy) is 2. The molecule has 0 aliphatic heterocycles. The van der Waals surface area contributed by atoms with Gasteiger partial charge in [0.2, 0.25) is 0 Å². The van der Waals surface area contributed by atoms with Crippen LogP contribution in [0.5, 0.6) is 6.01 Å². The Morgan fingerprint density at radius 1 is 1.35 bits per heavy atom. The molecular weight excluding hydrogens is 258 g/mol. The van der Waals surface area contributed by atoms with E-state index >= 15 is 0 Å². The molecule has 0 aliphatic carbocycles. The highest BCUT2D eigenvalue weighted by Crippen LogP contribution is 2.03. The average molecular weight is 283 g/mol. The van der Waals surface area contributed by atoms with E-state index in [1.165, 1.54) is 17.7 Å². The van der Waals surface area contributed by atoms with Crippen LogP contribution in [0.25, 0.3) is 0 Å². The fourth-order valence-corrected chi connectivity index (χ4v) is 1.76. The van der Waals surface area contributed by atoms with Crippen molar-refractivity contribution in [1.82, 2.24) is 14.9 Å². The maximum atomic E-state index is 11.8. The first kappa shape index (κ1) is 16.7. The summed E-state index contributed by atoms with van der Waals surface area (Å²) in [4.78, 5) is 16.0. The zero-order valence-corrected chi connectivity index (χ0v) is 12.6. The molecule has 0 saturated carbocycles. The third kappa shape index (κ3) is 5.71. The number of hydrogen-bond acceptors (Lipinski definition) is 5. The molecule has 0 atom stereocenters. The fourth-order valence-electron chi connectivity index (χ4n) is 1.76. The van der Waals surface area contributed by atoms with Crippen molar-refractivity contribution in [3.05, 3.63) is 22.1 Å². The van der Waals surface area contributed by atoms with Gasteiger partial charge in [-0.1, -0.05) is 13.3 Å². The van der Waals surface area contributed by atoms with Crippen LogP contribution in [-0.2, 0) is 11.3 Å². The fraction of sp³-hybridized carbons (Fsp3) is 0.714. The van der Waals surface area contributed by atoms with Crippen molar-refractivity contribution < 1.29 is 9.47 Å². The van der Waals surface area contributed by atoms with Crippen molar-refractivity contribution in [2.45, 2.75) is 33.2 Å². The highest BCUT2D eigenvalue weighted by atomic mass is 16.5. The van der Waals surface area contributed by atoms with Crippen LogP contribution in [0.3, 0.4) is 0 Å². The summed E-state index contributed by atoms with van der Waals surface area (Å²) in [6.07, 6.45) is 2.25. The Morgan fingerprint density at radius 3 is 2.85 bits per heavy atom. The van der Waals surface area contributed by atoms with Gasteiger partial charge in [0.1, 0.15) is 0 Å². The lowest BCUT2D eigenvalue weighted by Crippen LogP contribution is -2.30. The van der Waals surface area contributed by atoms with E-state index in [1.807, 2.05) is 0 Å². The second-order valence-corrected chi connectivity index (χ2v) is 4.59. The van der Waals surface area contributed by atoms with Crippen molar-refractivity contribution in [3.63, 3.8) is 0 Å². The lowest BCUT2D eigenvalue weighted by molar-refractivity contribution is 0.133. The van der Waals surface area contributed by atoms with Crippen molar-refractivity contribution in [3.8, 4) is 6.01 Å². The number of aryl methyl sites for hydroxylation is 1. The minimum absolute atomic E-state index is 0.0876.